The average molecular weight is 492 g/mol. The molecule has 0 amide bonds. The molecule has 2 atom stereocenters. The van der Waals surface area contributed by atoms with Crippen molar-refractivity contribution in [3.05, 3.63) is 45.2 Å². The Morgan fingerprint density at radius 3 is 2.61 bits per heavy atom. The molecule has 2 N–H and O–H groups in total. The largest absolute Gasteiger partial charge is 0.503 e. The molecular weight excluding hydrogens is 462 g/mol. The number of hydrogen-bond acceptors (Lipinski definition) is 6. The molecule has 3 rings (SSSR count). The molecule has 1 aliphatic carbocycles. The van der Waals surface area contributed by atoms with E-state index in [0.717, 1.165) is 5.70 Å². The van der Waals surface area contributed by atoms with Crippen molar-refractivity contribution >= 4 is 27.7 Å². The van der Waals surface area contributed by atoms with Gasteiger partial charge in [0, 0.05) is 23.7 Å². The zero-order valence-electron chi connectivity index (χ0n) is 18.8. The Balaban J connectivity index is 2.24. The Morgan fingerprint density at radius 2 is 2.00 bits per heavy atom. The molecule has 0 bridgehead atoms. The Bertz CT molecular complexity index is 976. The average Bonchev–Trinajstić information content (AvgIpc) is 2.62. The Hall–Kier alpha value is -2.28. The van der Waals surface area contributed by atoms with E-state index in [9.17, 15) is 14.7 Å². The van der Waals surface area contributed by atoms with Gasteiger partial charge < -0.3 is 19.9 Å². The molecule has 0 spiro atoms. The highest BCUT2D eigenvalue weighted by Gasteiger charge is 2.46. The molecule has 2 aliphatic rings. The molecule has 0 radical (unpaired) electrons. The Labute approximate surface area is 191 Å². The van der Waals surface area contributed by atoms with Crippen LogP contribution in [0, 0.1) is 11.3 Å². The Kier molecular flexibility index (Phi) is 6.56. The molecule has 7 heteroatoms. The van der Waals surface area contributed by atoms with Crippen LogP contribution in [0.5, 0.6) is 11.5 Å². The van der Waals surface area contributed by atoms with Crippen LogP contribution >= 0.6 is 15.9 Å². The summed E-state index contributed by atoms with van der Waals surface area (Å²) in [5.74, 6) is -1.21. The van der Waals surface area contributed by atoms with Gasteiger partial charge in [-0.05, 0) is 66.7 Å². The van der Waals surface area contributed by atoms with Crippen LogP contribution in [-0.4, -0.2) is 29.6 Å². The van der Waals surface area contributed by atoms with Crippen molar-refractivity contribution in [1.29, 1.82) is 0 Å². The van der Waals surface area contributed by atoms with Gasteiger partial charge in [-0.1, -0.05) is 19.9 Å². The highest BCUT2D eigenvalue weighted by Crippen LogP contribution is 2.49. The molecular formula is C24H30BrNO5. The fraction of sp³-hybridized carbons (Fsp3) is 0.500. The van der Waals surface area contributed by atoms with E-state index < -0.39 is 17.8 Å². The summed E-state index contributed by atoms with van der Waals surface area (Å²) in [4.78, 5) is 26.5. The summed E-state index contributed by atoms with van der Waals surface area (Å²) in [7, 11) is 0. The molecule has 2 unspecified atom stereocenters. The van der Waals surface area contributed by atoms with Crippen molar-refractivity contribution in [3.8, 4) is 11.5 Å². The summed E-state index contributed by atoms with van der Waals surface area (Å²) in [5.41, 5.74) is 2.30. The van der Waals surface area contributed by atoms with E-state index in [4.69, 9.17) is 9.47 Å². The smallest absolute Gasteiger partial charge is 0.336 e. The number of aromatic hydroxyl groups is 1. The number of phenols is 1. The monoisotopic (exact) mass is 491 g/mol. The number of allylic oxidation sites excluding steroid dienone is 3. The number of halogens is 1. The van der Waals surface area contributed by atoms with Gasteiger partial charge in [-0.15, -0.1) is 0 Å². The maximum atomic E-state index is 13.3. The zero-order chi connectivity index (χ0) is 23.1. The molecule has 1 aromatic carbocycles. The van der Waals surface area contributed by atoms with Crippen LogP contribution in [0.3, 0.4) is 0 Å². The molecule has 1 heterocycles. The third kappa shape index (κ3) is 4.66. The van der Waals surface area contributed by atoms with Gasteiger partial charge in [0.1, 0.15) is 5.78 Å². The summed E-state index contributed by atoms with van der Waals surface area (Å²) in [6.07, 6.45) is 2.17. The molecule has 0 saturated heterocycles. The second-order valence-electron chi connectivity index (χ2n) is 9.09. The molecule has 0 aromatic heterocycles. The number of nitrogens with one attached hydrogen (secondary N) is 1. The predicted molar refractivity (Wildman–Crippen MR) is 122 cm³/mol. The van der Waals surface area contributed by atoms with Gasteiger partial charge in [0.2, 0.25) is 0 Å². The number of carbonyl (C=O) groups is 2. The van der Waals surface area contributed by atoms with E-state index in [2.05, 4.69) is 27.3 Å². The lowest BCUT2D eigenvalue weighted by Gasteiger charge is -2.41. The Morgan fingerprint density at radius 1 is 1.32 bits per heavy atom. The standard InChI is InChI=1S/C24H30BrNO5/c1-7-30-18-9-14(8-15(25)22(18)28)20-19(23(29)31-12(2)3)13(4)26-16-10-24(5,6)11-17(27)21(16)20/h8-10,12,20-21,26,28H,7,11H2,1-6H3. The molecule has 168 valence electrons. The van der Waals surface area contributed by atoms with Gasteiger partial charge in [-0.2, -0.15) is 0 Å². The second kappa shape index (κ2) is 8.69. The summed E-state index contributed by atoms with van der Waals surface area (Å²) in [5, 5.41) is 13.7. The van der Waals surface area contributed by atoms with Gasteiger partial charge in [0.05, 0.1) is 28.7 Å². The van der Waals surface area contributed by atoms with Crippen molar-refractivity contribution in [2.24, 2.45) is 11.3 Å². The third-order valence-electron chi connectivity index (χ3n) is 5.51. The summed E-state index contributed by atoms with van der Waals surface area (Å²) < 4.78 is 11.6. The van der Waals surface area contributed by atoms with Crippen molar-refractivity contribution in [1.82, 2.24) is 5.32 Å². The summed E-state index contributed by atoms with van der Waals surface area (Å²) >= 11 is 3.39. The molecule has 1 aromatic rings. The van der Waals surface area contributed by atoms with Crippen molar-refractivity contribution < 1.29 is 24.2 Å². The first-order chi connectivity index (χ1) is 14.4. The number of fused-ring (bicyclic) bond motifs is 1. The quantitative estimate of drug-likeness (QED) is 0.565. The maximum Gasteiger partial charge on any atom is 0.336 e. The van der Waals surface area contributed by atoms with E-state index in [0.29, 0.717) is 40.1 Å². The minimum atomic E-state index is -0.557. The number of benzene rings is 1. The molecule has 0 saturated carbocycles. The van der Waals surface area contributed by atoms with Gasteiger partial charge in [-0.3, -0.25) is 4.79 Å². The van der Waals surface area contributed by atoms with E-state index in [1.807, 2.05) is 27.7 Å². The fourth-order valence-electron chi connectivity index (χ4n) is 4.41. The van der Waals surface area contributed by atoms with Gasteiger partial charge in [0.25, 0.3) is 0 Å². The first kappa shape index (κ1) is 23.4. The number of rotatable bonds is 5. The van der Waals surface area contributed by atoms with Gasteiger partial charge in [0.15, 0.2) is 11.5 Å². The highest BCUT2D eigenvalue weighted by molar-refractivity contribution is 9.10. The van der Waals surface area contributed by atoms with Crippen LogP contribution < -0.4 is 10.1 Å². The van der Waals surface area contributed by atoms with E-state index in [1.165, 1.54) is 0 Å². The number of ether oxygens (including phenoxy) is 2. The lowest BCUT2D eigenvalue weighted by atomic mass is 9.66. The van der Waals surface area contributed by atoms with Crippen molar-refractivity contribution in [2.45, 2.75) is 60.0 Å². The summed E-state index contributed by atoms with van der Waals surface area (Å²) in [6.45, 7) is 11.7. The van der Waals surface area contributed by atoms with Crippen LogP contribution in [0.25, 0.3) is 0 Å². The van der Waals surface area contributed by atoms with E-state index >= 15 is 0 Å². The molecule has 6 nitrogen and oxygen atoms in total. The van der Waals surface area contributed by atoms with Gasteiger partial charge in [-0.25, -0.2) is 4.79 Å². The number of hydrogen-bond donors (Lipinski definition) is 2. The first-order valence-corrected chi connectivity index (χ1v) is 11.3. The normalized spacial score (nSPS) is 22.6. The molecule has 1 aliphatic heterocycles. The zero-order valence-corrected chi connectivity index (χ0v) is 20.4. The number of phenolic OH excluding ortho intramolecular Hbond substituents is 1. The number of ketones is 1. The van der Waals surface area contributed by atoms with E-state index in [1.54, 1.807) is 26.0 Å². The molecule has 0 fully saturated rings. The van der Waals surface area contributed by atoms with Crippen LogP contribution in [0.1, 0.15) is 59.4 Å². The SMILES string of the molecule is CCOc1cc(C2C(C(=O)OC(C)C)=C(C)NC3=CC(C)(C)CC(=O)C32)cc(Br)c1O. The lowest BCUT2D eigenvalue weighted by molar-refractivity contribution is -0.143. The first-order valence-electron chi connectivity index (χ1n) is 10.5. The minimum Gasteiger partial charge on any atom is -0.503 e. The van der Waals surface area contributed by atoms with Crippen LogP contribution in [0.15, 0.2) is 39.6 Å². The van der Waals surface area contributed by atoms with Gasteiger partial charge >= 0.3 is 5.97 Å². The third-order valence-corrected chi connectivity index (χ3v) is 6.12. The van der Waals surface area contributed by atoms with Crippen molar-refractivity contribution in [3.63, 3.8) is 0 Å². The van der Waals surface area contributed by atoms with Crippen LogP contribution in [0.2, 0.25) is 0 Å². The predicted octanol–water partition coefficient (Wildman–Crippen LogP) is 4.96. The lowest BCUT2D eigenvalue weighted by Crippen LogP contribution is -2.43. The highest BCUT2D eigenvalue weighted by atomic mass is 79.9. The maximum absolute atomic E-state index is 13.3. The minimum absolute atomic E-state index is 0.0154. The van der Waals surface area contributed by atoms with Crippen LogP contribution in [0.4, 0.5) is 0 Å². The van der Waals surface area contributed by atoms with Crippen molar-refractivity contribution in [2.75, 3.05) is 6.61 Å². The topological polar surface area (TPSA) is 84.9 Å². The number of esters is 1. The van der Waals surface area contributed by atoms with E-state index in [-0.39, 0.29) is 23.1 Å². The fourth-order valence-corrected chi connectivity index (χ4v) is 4.87. The number of Topliss-reactive ketones (excluding diaryl/α,β-unsaturated/α-hetero) is 1. The molecule has 31 heavy (non-hydrogen) atoms. The number of carbonyl (C=O) groups excluding carboxylic acids is 2. The second-order valence-corrected chi connectivity index (χ2v) is 9.94. The van der Waals surface area contributed by atoms with Crippen LogP contribution in [-0.2, 0) is 14.3 Å². The summed E-state index contributed by atoms with van der Waals surface area (Å²) in [6, 6.07) is 3.45.